The molecule has 1 rings (SSSR count). The highest BCUT2D eigenvalue weighted by Gasteiger charge is 2.00. The lowest BCUT2D eigenvalue weighted by molar-refractivity contribution is 0.433. The molecule has 0 saturated heterocycles. The molecule has 0 amide bonds. The molecule has 0 radical (unpaired) electrons. The van der Waals surface area contributed by atoms with Gasteiger partial charge in [-0.05, 0) is 37.6 Å². The molecule has 0 atom stereocenters. The number of rotatable bonds is 6. The van der Waals surface area contributed by atoms with E-state index in [1.165, 1.54) is 12.8 Å². The van der Waals surface area contributed by atoms with Crippen molar-refractivity contribution in [3.8, 4) is 5.75 Å². The fourth-order valence-corrected chi connectivity index (χ4v) is 1.16. The summed E-state index contributed by atoms with van der Waals surface area (Å²) in [6, 6.07) is 3.72. The number of allylic oxidation sites excluding steroid dienone is 6. The van der Waals surface area contributed by atoms with Crippen LogP contribution in [0.1, 0.15) is 54.4 Å². The molecule has 1 aromatic heterocycles. The van der Waals surface area contributed by atoms with Crippen molar-refractivity contribution >= 4 is 0 Å². The van der Waals surface area contributed by atoms with E-state index in [-0.39, 0.29) is 0 Å². The molecule has 2 nitrogen and oxygen atoms in total. The summed E-state index contributed by atoms with van der Waals surface area (Å²) in [5, 5.41) is 0. The van der Waals surface area contributed by atoms with Crippen LogP contribution in [0, 0.1) is 0 Å². The molecule has 0 unspecified atom stereocenters. The summed E-state index contributed by atoms with van der Waals surface area (Å²) in [6.45, 7) is 22.7. The summed E-state index contributed by atoms with van der Waals surface area (Å²) in [4.78, 5) is 3.99. The molecule has 0 bridgehead atoms. The average molecular weight is 344 g/mol. The van der Waals surface area contributed by atoms with Gasteiger partial charge in [0.15, 0.2) is 0 Å². The number of aromatic nitrogens is 1. The standard InChI is InChI=1S/C13H15NO.C4H10.C4H6.C2H6/c1-4-7-11(3)13(5-2)15-12-8-6-9-14-10-12;2*1-3-4-2;1-2/h4-10H,1H2,2-3H3;3-4H2,1-2H3;3-4H,1-2H2;1-2H3/b11-7-,13-5+;;;. The van der Waals surface area contributed by atoms with Gasteiger partial charge in [-0.3, -0.25) is 4.98 Å². The van der Waals surface area contributed by atoms with Crippen LogP contribution in [0.5, 0.6) is 5.75 Å². The van der Waals surface area contributed by atoms with Crippen LogP contribution in [-0.4, -0.2) is 4.98 Å². The first-order valence-corrected chi connectivity index (χ1v) is 8.88. The van der Waals surface area contributed by atoms with Gasteiger partial charge in [-0.1, -0.05) is 84.6 Å². The Bertz CT molecular complexity index is 476. The molecular weight excluding hydrogens is 306 g/mol. The molecule has 1 aromatic rings. The summed E-state index contributed by atoms with van der Waals surface area (Å²) < 4.78 is 5.66. The van der Waals surface area contributed by atoms with Crippen LogP contribution in [0.2, 0.25) is 0 Å². The molecule has 1 heterocycles. The Labute approximate surface area is 156 Å². The monoisotopic (exact) mass is 343 g/mol. The molecule has 0 saturated carbocycles. The largest absolute Gasteiger partial charge is 0.456 e. The molecule has 0 aliphatic heterocycles. The van der Waals surface area contributed by atoms with Gasteiger partial charge in [0.2, 0.25) is 0 Å². The van der Waals surface area contributed by atoms with Gasteiger partial charge in [0, 0.05) is 6.20 Å². The number of hydrogen-bond acceptors (Lipinski definition) is 2. The van der Waals surface area contributed by atoms with Crippen LogP contribution in [-0.2, 0) is 0 Å². The van der Waals surface area contributed by atoms with Gasteiger partial charge in [-0.2, -0.15) is 0 Å². The van der Waals surface area contributed by atoms with E-state index in [4.69, 9.17) is 4.74 Å². The Balaban J connectivity index is -0.000000402. The summed E-state index contributed by atoms with van der Waals surface area (Å²) >= 11 is 0. The highest BCUT2D eigenvalue weighted by Crippen LogP contribution is 2.16. The van der Waals surface area contributed by atoms with E-state index in [1.54, 1.807) is 30.6 Å². The van der Waals surface area contributed by atoms with Gasteiger partial charge in [0.25, 0.3) is 0 Å². The minimum atomic E-state index is 0.738. The molecule has 0 fully saturated rings. The Morgan fingerprint density at radius 2 is 1.64 bits per heavy atom. The summed E-state index contributed by atoms with van der Waals surface area (Å²) in [7, 11) is 0. The average Bonchev–Trinajstić information content (AvgIpc) is 2.69. The summed E-state index contributed by atoms with van der Waals surface area (Å²) in [5.41, 5.74) is 1.04. The van der Waals surface area contributed by atoms with E-state index in [2.05, 4.69) is 38.6 Å². The van der Waals surface area contributed by atoms with Crippen LogP contribution in [0.4, 0.5) is 0 Å². The lowest BCUT2D eigenvalue weighted by Gasteiger charge is -2.09. The fraction of sp³-hybridized carbons (Fsp3) is 0.348. The van der Waals surface area contributed by atoms with Gasteiger partial charge in [0.1, 0.15) is 11.5 Å². The van der Waals surface area contributed by atoms with Gasteiger partial charge in [0.05, 0.1) is 6.20 Å². The van der Waals surface area contributed by atoms with Gasteiger partial charge >= 0.3 is 0 Å². The number of pyridine rings is 1. The van der Waals surface area contributed by atoms with Crippen molar-refractivity contribution < 1.29 is 4.74 Å². The highest BCUT2D eigenvalue weighted by molar-refractivity contribution is 5.31. The van der Waals surface area contributed by atoms with Crippen molar-refractivity contribution in [2.24, 2.45) is 0 Å². The first-order valence-electron chi connectivity index (χ1n) is 8.88. The van der Waals surface area contributed by atoms with E-state index < -0.39 is 0 Å². The molecular formula is C23H37NO. The molecule has 0 N–H and O–H groups in total. The minimum Gasteiger partial charge on any atom is -0.456 e. The number of hydrogen-bond donors (Lipinski definition) is 0. The predicted octanol–water partition coefficient (Wildman–Crippen LogP) is 7.69. The Morgan fingerprint density at radius 3 is 1.96 bits per heavy atom. The number of unbranched alkanes of at least 4 members (excludes halogenated alkanes) is 1. The second-order valence-corrected chi connectivity index (χ2v) is 4.50. The first kappa shape index (κ1) is 27.5. The fourth-order valence-electron chi connectivity index (χ4n) is 1.16. The van der Waals surface area contributed by atoms with Gasteiger partial charge in [-0.15, -0.1) is 0 Å². The van der Waals surface area contributed by atoms with E-state index in [1.807, 2.05) is 52.0 Å². The lowest BCUT2D eigenvalue weighted by atomic mass is 10.2. The molecule has 0 aromatic carbocycles. The number of ether oxygens (including phenoxy) is 1. The minimum absolute atomic E-state index is 0.738. The van der Waals surface area contributed by atoms with Gasteiger partial charge in [-0.25, -0.2) is 0 Å². The molecule has 0 aliphatic rings. The molecule has 140 valence electrons. The van der Waals surface area contributed by atoms with Crippen molar-refractivity contribution in [1.82, 2.24) is 4.98 Å². The zero-order valence-electron chi connectivity index (χ0n) is 17.1. The maximum atomic E-state index is 5.66. The Hall–Kier alpha value is -2.35. The Morgan fingerprint density at radius 1 is 1.08 bits per heavy atom. The van der Waals surface area contributed by atoms with Crippen molar-refractivity contribution in [3.63, 3.8) is 0 Å². The van der Waals surface area contributed by atoms with Crippen molar-refractivity contribution in [2.75, 3.05) is 0 Å². The van der Waals surface area contributed by atoms with Crippen molar-refractivity contribution in [2.45, 2.75) is 54.4 Å². The zero-order valence-corrected chi connectivity index (χ0v) is 17.1. The van der Waals surface area contributed by atoms with Crippen LogP contribution < -0.4 is 4.74 Å². The van der Waals surface area contributed by atoms with Crippen molar-refractivity contribution in [3.05, 3.63) is 86.0 Å². The number of nitrogens with zero attached hydrogens (tertiary/aromatic N) is 1. The quantitative estimate of drug-likeness (QED) is 0.390. The predicted molar refractivity (Wildman–Crippen MR) is 115 cm³/mol. The Kier molecular flexibility index (Phi) is 26.3. The van der Waals surface area contributed by atoms with Gasteiger partial charge < -0.3 is 4.74 Å². The second kappa shape index (κ2) is 23.9. The van der Waals surface area contributed by atoms with E-state index >= 15 is 0 Å². The molecule has 25 heavy (non-hydrogen) atoms. The van der Waals surface area contributed by atoms with Crippen LogP contribution >= 0.6 is 0 Å². The van der Waals surface area contributed by atoms with E-state index in [0.717, 1.165) is 17.1 Å². The normalized spacial score (nSPS) is 9.68. The highest BCUT2D eigenvalue weighted by atomic mass is 16.5. The van der Waals surface area contributed by atoms with Crippen LogP contribution in [0.25, 0.3) is 0 Å². The maximum Gasteiger partial charge on any atom is 0.145 e. The molecule has 0 spiro atoms. The lowest BCUT2D eigenvalue weighted by Crippen LogP contribution is -1.96. The SMILES string of the molecule is C=C/C=C(C)\C(=C/C)Oc1cccnc1.C=CC=C.CC.CCCC. The molecule has 2 heteroatoms. The smallest absolute Gasteiger partial charge is 0.145 e. The zero-order chi connectivity index (χ0) is 19.9. The van der Waals surface area contributed by atoms with Crippen LogP contribution in [0.3, 0.4) is 0 Å². The first-order chi connectivity index (χ1) is 12.1. The second-order valence-electron chi connectivity index (χ2n) is 4.50. The topological polar surface area (TPSA) is 22.1 Å². The van der Waals surface area contributed by atoms with E-state index in [0.29, 0.717) is 0 Å². The summed E-state index contributed by atoms with van der Waals surface area (Å²) in [5.74, 6) is 1.56. The summed E-state index contributed by atoms with van der Waals surface area (Å²) in [6.07, 6.45) is 14.9. The third kappa shape index (κ3) is 19.6. The van der Waals surface area contributed by atoms with E-state index in [9.17, 15) is 0 Å². The maximum absolute atomic E-state index is 5.66. The third-order valence-corrected chi connectivity index (χ3v) is 2.55. The van der Waals surface area contributed by atoms with Crippen molar-refractivity contribution in [1.29, 1.82) is 0 Å². The van der Waals surface area contributed by atoms with Crippen LogP contribution in [0.15, 0.2) is 86.0 Å². The third-order valence-electron chi connectivity index (χ3n) is 2.55. The molecule has 0 aliphatic carbocycles.